The Kier molecular flexibility index (Phi) is 4.52. The molecule has 1 N–H and O–H groups in total. The molecule has 0 aliphatic heterocycles. The fourth-order valence-corrected chi connectivity index (χ4v) is 2.37. The summed E-state index contributed by atoms with van der Waals surface area (Å²) in [5.41, 5.74) is 0.309. The van der Waals surface area contributed by atoms with E-state index in [1.165, 1.54) is 36.5 Å². The van der Waals surface area contributed by atoms with Crippen LogP contribution in [0, 0.1) is 0 Å². The quantitative estimate of drug-likeness (QED) is 0.726. The van der Waals surface area contributed by atoms with Gasteiger partial charge in [-0.25, -0.2) is 0 Å². The van der Waals surface area contributed by atoms with Gasteiger partial charge >= 0.3 is 6.18 Å². The number of nitrogens with zero attached hydrogens (tertiary/aromatic N) is 1. The zero-order valence-electron chi connectivity index (χ0n) is 12.9. The van der Waals surface area contributed by atoms with E-state index >= 15 is 0 Å². The first-order valence-corrected chi connectivity index (χ1v) is 7.44. The molecular formula is C19H13F3N2O. The normalized spacial score (nSPS) is 11.2. The first kappa shape index (κ1) is 16.7. The van der Waals surface area contributed by atoms with Gasteiger partial charge in [-0.3, -0.25) is 9.78 Å². The molecule has 3 nitrogen and oxygen atoms in total. The summed E-state index contributed by atoms with van der Waals surface area (Å²) in [6.45, 7) is 0. The molecule has 1 amide bonds. The number of aromatic nitrogens is 1. The van der Waals surface area contributed by atoms with Crippen LogP contribution in [0.25, 0.3) is 11.3 Å². The van der Waals surface area contributed by atoms with Gasteiger partial charge < -0.3 is 5.32 Å². The average Bonchev–Trinajstić information content (AvgIpc) is 2.62. The van der Waals surface area contributed by atoms with Crippen molar-refractivity contribution in [3.05, 3.63) is 84.1 Å². The van der Waals surface area contributed by atoms with Gasteiger partial charge in [0, 0.05) is 23.0 Å². The Bertz CT molecular complexity index is 875. The summed E-state index contributed by atoms with van der Waals surface area (Å²) >= 11 is 0. The Balaban J connectivity index is 1.85. The number of rotatable bonds is 3. The minimum atomic E-state index is -4.49. The molecule has 3 aromatic rings. The number of amides is 1. The van der Waals surface area contributed by atoms with Gasteiger partial charge in [-0.1, -0.05) is 30.3 Å². The van der Waals surface area contributed by atoms with E-state index in [0.29, 0.717) is 16.8 Å². The van der Waals surface area contributed by atoms with Crippen LogP contribution in [0.5, 0.6) is 0 Å². The van der Waals surface area contributed by atoms with E-state index in [-0.39, 0.29) is 11.6 Å². The molecule has 0 bridgehead atoms. The number of anilines is 1. The fraction of sp³-hybridized carbons (Fsp3) is 0.0526. The van der Waals surface area contributed by atoms with Gasteiger partial charge in [0.1, 0.15) is 0 Å². The number of alkyl halides is 3. The number of carbonyl (C=O) groups excluding carboxylic acids is 1. The van der Waals surface area contributed by atoms with Gasteiger partial charge in [-0.2, -0.15) is 13.2 Å². The summed E-state index contributed by atoms with van der Waals surface area (Å²) in [4.78, 5) is 16.0. The number of halogens is 3. The number of pyridine rings is 1. The number of nitrogens with one attached hydrogen (secondary N) is 1. The fourth-order valence-electron chi connectivity index (χ4n) is 2.37. The van der Waals surface area contributed by atoms with Crippen molar-refractivity contribution >= 4 is 11.6 Å². The van der Waals surface area contributed by atoms with Crippen LogP contribution in [-0.2, 0) is 6.18 Å². The molecule has 2 aromatic carbocycles. The standard InChI is InChI=1S/C19H13F3N2O/c20-19(21,22)16-7-4-12-23-17(16)13-8-10-14(11-9-13)18(25)24-15-5-2-1-3-6-15/h1-12H,(H,24,25). The predicted molar refractivity (Wildman–Crippen MR) is 89.1 cm³/mol. The van der Waals surface area contributed by atoms with Crippen molar-refractivity contribution in [2.75, 3.05) is 5.32 Å². The Morgan fingerprint density at radius 3 is 2.20 bits per heavy atom. The summed E-state index contributed by atoms with van der Waals surface area (Å²) in [6, 6.07) is 17.0. The van der Waals surface area contributed by atoms with Crippen molar-refractivity contribution in [3.63, 3.8) is 0 Å². The number of para-hydroxylation sites is 1. The Hall–Kier alpha value is -3.15. The Morgan fingerprint density at radius 1 is 0.880 bits per heavy atom. The van der Waals surface area contributed by atoms with Gasteiger partial charge in [-0.05, 0) is 36.4 Å². The first-order chi connectivity index (χ1) is 11.9. The Labute approximate surface area is 142 Å². The van der Waals surface area contributed by atoms with Gasteiger partial charge in [0.2, 0.25) is 0 Å². The van der Waals surface area contributed by atoms with Crippen molar-refractivity contribution in [2.45, 2.75) is 6.18 Å². The topological polar surface area (TPSA) is 42.0 Å². The lowest BCUT2D eigenvalue weighted by atomic mass is 10.0. The first-order valence-electron chi connectivity index (χ1n) is 7.44. The van der Waals surface area contributed by atoms with Gasteiger partial charge in [-0.15, -0.1) is 0 Å². The van der Waals surface area contributed by atoms with E-state index in [4.69, 9.17) is 0 Å². The summed E-state index contributed by atoms with van der Waals surface area (Å²) in [6.07, 6.45) is -3.19. The van der Waals surface area contributed by atoms with E-state index in [1.54, 1.807) is 24.3 Å². The molecule has 25 heavy (non-hydrogen) atoms. The van der Waals surface area contributed by atoms with Crippen LogP contribution in [0.15, 0.2) is 72.9 Å². The maximum Gasteiger partial charge on any atom is 0.418 e. The molecule has 0 saturated carbocycles. The van der Waals surface area contributed by atoms with Crippen LogP contribution >= 0.6 is 0 Å². The molecule has 3 rings (SSSR count). The van der Waals surface area contributed by atoms with Gasteiger partial charge in [0.25, 0.3) is 5.91 Å². The number of benzene rings is 2. The molecule has 126 valence electrons. The second-order valence-corrected chi connectivity index (χ2v) is 5.29. The minimum Gasteiger partial charge on any atom is -0.322 e. The maximum absolute atomic E-state index is 13.1. The lowest BCUT2D eigenvalue weighted by Gasteiger charge is -2.12. The third-order valence-electron chi connectivity index (χ3n) is 3.57. The van der Waals surface area contributed by atoms with Gasteiger partial charge in [0.15, 0.2) is 0 Å². The molecule has 0 spiro atoms. The van der Waals surface area contributed by atoms with E-state index in [9.17, 15) is 18.0 Å². The summed E-state index contributed by atoms with van der Waals surface area (Å²) < 4.78 is 39.2. The van der Waals surface area contributed by atoms with Crippen LogP contribution in [0.3, 0.4) is 0 Å². The van der Waals surface area contributed by atoms with Crippen molar-refractivity contribution in [1.29, 1.82) is 0 Å². The summed E-state index contributed by atoms with van der Waals surface area (Å²) in [7, 11) is 0. The molecule has 0 aliphatic carbocycles. The molecule has 6 heteroatoms. The molecule has 0 saturated heterocycles. The molecule has 0 unspecified atom stereocenters. The van der Waals surface area contributed by atoms with Crippen LogP contribution in [0.2, 0.25) is 0 Å². The van der Waals surface area contributed by atoms with Crippen molar-refractivity contribution < 1.29 is 18.0 Å². The van der Waals surface area contributed by atoms with E-state index < -0.39 is 11.7 Å². The zero-order valence-corrected chi connectivity index (χ0v) is 12.9. The molecule has 0 aliphatic rings. The monoisotopic (exact) mass is 342 g/mol. The highest BCUT2D eigenvalue weighted by Gasteiger charge is 2.34. The van der Waals surface area contributed by atoms with Crippen LogP contribution in [0.1, 0.15) is 15.9 Å². The molecule has 0 fully saturated rings. The van der Waals surface area contributed by atoms with Crippen LogP contribution in [0.4, 0.5) is 18.9 Å². The number of carbonyl (C=O) groups is 1. The van der Waals surface area contributed by atoms with E-state index in [2.05, 4.69) is 10.3 Å². The highest BCUT2D eigenvalue weighted by atomic mass is 19.4. The third-order valence-corrected chi connectivity index (χ3v) is 3.57. The second kappa shape index (κ2) is 6.76. The molecule has 0 atom stereocenters. The lowest BCUT2D eigenvalue weighted by Crippen LogP contribution is -2.12. The smallest absolute Gasteiger partial charge is 0.322 e. The molecule has 1 heterocycles. The minimum absolute atomic E-state index is 0.162. The number of hydrogen-bond acceptors (Lipinski definition) is 2. The third kappa shape index (κ3) is 3.85. The van der Waals surface area contributed by atoms with Crippen molar-refractivity contribution in [3.8, 4) is 11.3 Å². The molecular weight excluding hydrogens is 329 g/mol. The van der Waals surface area contributed by atoms with Crippen LogP contribution < -0.4 is 5.32 Å². The highest BCUT2D eigenvalue weighted by Crippen LogP contribution is 2.35. The largest absolute Gasteiger partial charge is 0.418 e. The molecule has 1 aromatic heterocycles. The Morgan fingerprint density at radius 2 is 1.56 bits per heavy atom. The SMILES string of the molecule is O=C(Nc1ccccc1)c1ccc(-c2ncccc2C(F)(F)F)cc1. The molecule has 0 radical (unpaired) electrons. The number of hydrogen-bond donors (Lipinski definition) is 1. The van der Waals surface area contributed by atoms with Crippen molar-refractivity contribution in [2.24, 2.45) is 0 Å². The summed E-state index contributed by atoms with van der Waals surface area (Å²) in [5, 5.41) is 2.72. The van der Waals surface area contributed by atoms with Gasteiger partial charge in [0.05, 0.1) is 11.3 Å². The van der Waals surface area contributed by atoms with E-state index in [0.717, 1.165) is 6.07 Å². The van der Waals surface area contributed by atoms with E-state index in [1.807, 2.05) is 6.07 Å². The maximum atomic E-state index is 13.1. The second-order valence-electron chi connectivity index (χ2n) is 5.29. The predicted octanol–water partition coefficient (Wildman–Crippen LogP) is 5.02. The highest BCUT2D eigenvalue weighted by molar-refractivity contribution is 6.04. The zero-order chi connectivity index (χ0) is 17.9. The van der Waals surface area contributed by atoms with Crippen molar-refractivity contribution in [1.82, 2.24) is 4.98 Å². The average molecular weight is 342 g/mol. The van der Waals surface area contributed by atoms with Crippen LogP contribution in [-0.4, -0.2) is 10.9 Å². The lowest BCUT2D eigenvalue weighted by molar-refractivity contribution is -0.137. The summed E-state index contributed by atoms with van der Waals surface area (Å²) in [5.74, 6) is -0.338.